The molecule has 2 heterocycles. The lowest BCUT2D eigenvalue weighted by Crippen LogP contribution is -2.37. The van der Waals surface area contributed by atoms with Gasteiger partial charge in [0.25, 0.3) is 0 Å². The Morgan fingerprint density at radius 3 is 2.66 bits per heavy atom. The zero-order chi connectivity index (χ0) is 21.8. The van der Waals surface area contributed by atoms with Crippen LogP contribution in [0.3, 0.4) is 0 Å². The fourth-order valence-corrected chi connectivity index (χ4v) is 4.15. The van der Waals surface area contributed by atoms with E-state index in [4.69, 9.17) is 4.74 Å². The number of carbonyl (C=O) groups is 1. The summed E-state index contributed by atoms with van der Waals surface area (Å²) in [6.45, 7) is 1.65. The van der Waals surface area contributed by atoms with E-state index in [2.05, 4.69) is 46.8 Å². The molecular formula is C27H25N3O2. The van der Waals surface area contributed by atoms with Crippen LogP contribution in [0.15, 0.2) is 91.3 Å². The average Bonchev–Trinajstić information content (AvgIpc) is 3.36. The predicted octanol–water partition coefficient (Wildman–Crippen LogP) is 4.47. The van der Waals surface area contributed by atoms with E-state index in [0.717, 1.165) is 34.5 Å². The second-order valence-electron chi connectivity index (χ2n) is 8.10. The van der Waals surface area contributed by atoms with Crippen molar-refractivity contribution >= 4 is 5.91 Å². The standard InChI is InChI=1S/C27H25N3O2/c31-27(24-16-22-6-2-4-9-26(22)32-19-24)28-17-23-7-1-3-8-25(23)21-12-10-20(11-13-21)18-30-15-5-14-29-30/h1-15,24H,16-19H2,(H,28,31). The van der Waals surface area contributed by atoms with E-state index >= 15 is 0 Å². The Morgan fingerprint density at radius 1 is 1.00 bits per heavy atom. The average molecular weight is 424 g/mol. The van der Waals surface area contributed by atoms with Crippen molar-refractivity contribution in [2.75, 3.05) is 6.61 Å². The molecule has 160 valence electrons. The third kappa shape index (κ3) is 4.42. The zero-order valence-electron chi connectivity index (χ0n) is 17.8. The largest absolute Gasteiger partial charge is 0.492 e. The second kappa shape index (κ2) is 9.10. The molecular weight excluding hydrogens is 398 g/mol. The first-order valence-electron chi connectivity index (χ1n) is 10.9. The Labute approximate surface area is 187 Å². The number of amides is 1. The molecule has 1 aliphatic heterocycles. The lowest BCUT2D eigenvalue weighted by atomic mass is 9.95. The van der Waals surface area contributed by atoms with E-state index in [9.17, 15) is 4.79 Å². The minimum Gasteiger partial charge on any atom is -0.492 e. The summed E-state index contributed by atoms with van der Waals surface area (Å²) >= 11 is 0. The number of fused-ring (bicyclic) bond motifs is 1. The number of benzene rings is 3. The molecule has 1 unspecified atom stereocenters. The summed E-state index contributed by atoms with van der Waals surface area (Å²) in [4.78, 5) is 12.8. The van der Waals surface area contributed by atoms with Gasteiger partial charge >= 0.3 is 0 Å². The number of aromatic nitrogens is 2. The lowest BCUT2D eigenvalue weighted by molar-refractivity contribution is -0.126. The van der Waals surface area contributed by atoms with Crippen molar-refractivity contribution in [3.05, 3.63) is 108 Å². The van der Waals surface area contributed by atoms with Crippen LogP contribution in [-0.4, -0.2) is 22.3 Å². The van der Waals surface area contributed by atoms with Crippen molar-refractivity contribution in [2.24, 2.45) is 5.92 Å². The van der Waals surface area contributed by atoms with Crippen molar-refractivity contribution in [3.8, 4) is 16.9 Å². The monoisotopic (exact) mass is 423 g/mol. The highest BCUT2D eigenvalue weighted by Crippen LogP contribution is 2.27. The summed E-state index contributed by atoms with van der Waals surface area (Å²) in [5.74, 6) is 0.750. The van der Waals surface area contributed by atoms with Gasteiger partial charge in [-0.2, -0.15) is 5.10 Å². The third-order valence-corrected chi connectivity index (χ3v) is 5.89. The Kier molecular flexibility index (Phi) is 5.71. The van der Waals surface area contributed by atoms with Crippen molar-refractivity contribution in [1.29, 1.82) is 0 Å². The number of rotatable bonds is 6. The van der Waals surface area contributed by atoms with Gasteiger partial charge in [-0.05, 0) is 46.4 Å². The number of hydrogen-bond acceptors (Lipinski definition) is 3. The highest BCUT2D eigenvalue weighted by molar-refractivity contribution is 5.80. The van der Waals surface area contributed by atoms with Crippen molar-refractivity contribution in [2.45, 2.75) is 19.5 Å². The van der Waals surface area contributed by atoms with Gasteiger partial charge in [0.2, 0.25) is 5.91 Å². The number of para-hydroxylation sites is 1. The number of nitrogens with zero attached hydrogens (tertiary/aromatic N) is 2. The fourth-order valence-electron chi connectivity index (χ4n) is 4.15. The van der Waals surface area contributed by atoms with E-state index in [1.807, 2.05) is 53.3 Å². The molecule has 0 saturated heterocycles. The molecule has 1 N–H and O–H groups in total. The zero-order valence-corrected chi connectivity index (χ0v) is 17.8. The highest BCUT2D eigenvalue weighted by atomic mass is 16.5. The molecule has 32 heavy (non-hydrogen) atoms. The maximum Gasteiger partial charge on any atom is 0.227 e. The molecule has 0 spiro atoms. The minimum absolute atomic E-state index is 0.0314. The van der Waals surface area contributed by atoms with Crippen molar-refractivity contribution in [3.63, 3.8) is 0 Å². The molecule has 5 heteroatoms. The smallest absolute Gasteiger partial charge is 0.227 e. The first kappa shape index (κ1) is 20.1. The van der Waals surface area contributed by atoms with Crippen LogP contribution in [0, 0.1) is 5.92 Å². The predicted molar refractivity (Wildman–Crippen MR) is 124 cm³/mol. The molecule has 4 aromatic rings. The number of carbonyl (C=O) groups excluding carboxylic acids is 1. The summed E-state index contributed by atoms with van der Waals surface area (Å²) in [5, 5.41) is 7.39. The van der Waals surface area contributed by atoms with Crippen LogP contribution < -0.4 is 10.1 Å². The Bertz CT molecular complexity index is 1200. The van der Waals surface area contributed by atoms with Crippen LogP contribution in [0.5, 0.6) is 5.75 Å². The summed E-state index contributed by atoms with van der Waals surface area (Å²) in [7, 11) is 0. The first-order valence-corrected chi connectivity index (χ1v) is 10.9. The summed E-state index contributed by atoms with van der Waals surface area (Å²) in [6.07, 6.45) is 4.46. The molecule has 0 aliphatic carbocycles. The van der Waals surface area contributed by atoms with E-state index in [1.54, 1.807) is 6.20 Å². The van der Waals surface area contributed by atoms with Gasteiger partial charge in [0.1, 0.15) is 12.4 Å². The van der Waals surface area contributed by atoms with Crippen molar-refractivity contribution < 1.29 is 9.53 Å². The fraction of sp³-hybridized carbons (Fsp3) is 0.185. The minimum atomic E-state index is -0.168. The quantitative estimate of drug-likeness (QED) is 0.498. The van der Waals surface area contributed by atoms with Gasteiger partial charge in [0, 0.05) is 18.9 Å². The van der Waals surface area contributed by atoms with E-state index in [0.29, 0.717) is 19.6 Å². The molecule has 0 radical (unpaired) electrons. The third-order valence-electron chi connectivity index (χ3n) is 5.89. The van der Waals surface area contributed by atoms with Crippen LogP contribution >= 0.6 is 0 Å². The summed E-state index contributed by atoms with van der Waals surface area (Å²) in [6, 6.07) is 26.6. The van der Waals surface area contributed by atoms with Gasteiger partial charge in [0.15, 0.2) is 0 Å². The van der Waals surface area contributed by atoms with Crippen LogP contribution in [0.25, 0.3) is 11.1 Å². The van der Waals surface area contributed by atoms with Crippen LogP contribution in [-0.2, 0) is 24.3 Å². The summed E-state index contributed by atoms with van der Waals surface area (Å²) in [5.41, 5.74) is 5.64. The Balaban J connectivity index is 1.25. The van der Waals surface area contributed by atoms with Gasteiger partial charge in [-0.1, -0.05) is 66.7 Å². The molecule has 1 aliphatic rings. The molecule has 5 rings (SSSR count). The maximum absolute atomic E-state index is 12.8. The van der Waals surface area contributed by atoms with Gasteiger partial charge in [-0.25, -0.2) is 0 Å². The topological polar surface area (TPSA) is 56.2 Å². The second-order valence-corrected chi connectivity index (χ2v) is 8.10. The molecule has 3 aromatic carbocycles. The van der Waals surface area contributed by atoms with Gasteiger partial charge < -0.3 is 10.1 Å². The van der Waals surface area contributed by atoms with Gasteiger partial charge in [-0.3, -0.25) is 9.48 Å². The Hall–Kier alpha value is -3.86. The van der Waals surface area contributed by atoms with Gasteiger partial charge in [0.05, 0.1) is 12.5 Å². The molecule has 0 bridgehead atoms. The number of nitrogens with one attached hydrogen (secondary N) is 1. The molecule has 1 amide bonds. The van der Waals surface area contributed by atoms with E-state index < -0.39 is 0 Å². The normalized spacial score (nSPS) is 14.9. The SMILES string of the molecule is O=C(NCc1ccccc1-c1ccc(Cn2cccn2)cc1)C1COc2ccccc2C1. The lowest BCUT2D eigenvalue weighted by Gasteiger charge is -2.24. The molecule has 1 atom stereocenters. The van der Waals surface area contributed by atoms with E-state index in [1.165, 1.54) is 5.56 Å². The van der Waals surface area contributed by atoms with Gasteiger partial charge in [-0.15, -0.1) is 0 Å². The highest BCUT2D eigenvalue weighted by Gasteiger charge is 2.25. The Morgan fingerprint density at radius 2 is 1.81 bits per heavy atom. The van der Waals surface area contributed by atoms with Crippen LogP contribution in [0.4, 0.5) is 0 Å². The first-order chi connectivity index (χ1) is 15.8. The molecule has 5 nitrogen and oxygen atoms in total. The molecule has 0 saturated carbocycles. The molecule has 0 fully saturated rings. The summed E-state index contributed by atoms with van der Waals surface area (Å²) < 4.78 is 7.69. The molecule has 1 aromatic heterocycles. The van der Waals surface area contributed by atoms with E-state index in [-0.39, 0.29) is 11.8 Å². The van der Waals surface area contributed by atoms with Crippen LogP contribution in [0.1, 0.15) is 16.7 Å². The maximum atomic E-state index is 12.8. The number of hydrogen-bond donors (Lipinski definition) is 1. The van der Waals surface area contributed by atoms with Crippen molar-refractivity contribution in [1.82, 2.24) is 15.1 Å². The number of ether oxygens (including phenoxy) is 1. The van der Waals surface area contributed by atoms with Crippen LogP contribution in [0.2, 0.25) is 0 Å².